The Bertz CT molecular complexity index is 1000. The Morgan fingerprint density at radius 3 is 2.83 bits per heavy atom. The van der Waals surface area contributed by atoms with Gasteiger partial charge in [0.2, 0.25) is 5.91 Å². The van der Waals surface area contributed by atoms with E-state index in [1.165, 1.54) is 23.1 Å². The van der Waals surface area contributed by atoms with E-state index in [9.17, 15) is 20.0 Å². The quantitative estimate of drug-likeness (QED) is 0.623. The van der Waals surface area contributed by atoms with Crippen LogP contribution in [0, 0.1) is 11.3 Å². The monoisotopic (exact) mass is 357 g/mol. The molecular weight excluding hydrogens is 346 g/mol. The zero-order chi connectivity index (χ0) is 17.1. The smallest absolute Gasteiger partial charge is 0.252 e. The summed E-state index contributed by atoms with van der Waals surface area (Å²) in [5.74, 6) is -0.261. The highest BCUT2D eigenvalue weighted by Gasteiger charge is 2.17. The van der Waals surface area contributed by atoms with Crippen molar-refractivity contribution in [3.8, 4) is 11.8 Å². The van der Waals surface area contributed by atoms with Gasteiger partial charge in [-0.05, 0) is 12.1 Å². The van der Waals surface area contributed by atoms with Gasteiger partial charge in [-0.3, -0.25) is 9.59 Å². The number of amides is 1. The molecule has 2 heterocycles. The highest BCUT2D eigenvalue weighted by molar-refractivity contribution is 8.02. The number of carbonyl (C=O) groups is 1. The van der Waals surface area contributed by atoms with Crippen LogP contribution in [-0.4, -0.2) is 21.8 Å². The number of carbonyl (C=O) groups excluding carboxylic acids is 1. The first-order valence-electron chi connectivity index (χ1n) is 6.85. The Kier molecular flexibility index (Phi) is 4.55. The third kappa shape index (κ3) is 3.27. The first kappa shape index (κ1) is 16.1. The Morgan fingerprint density at radius 2 is 2.12 bits per heavy atom. The van der Waals surface area contributed by atoms with Crippen LogP contribution in [0.2, 0.25) is 0 Å². The van der Waals surface area contributed by atoms with Crippen LogP contribution in [0.4, 0.5) is 5.69 Å². The van der Waals surface area contributed by atoms with Crippen molar-refractivity contribution in [2.24, 2.45) is 0 Å². The van der Waals surface area contributed by atoms with Gasteiger partial charge >= 0.3 is 0 Å². The number of H-pyrrole nitrogens is 1. The standard InChI is InChI=1S/C16H11N3O3S2/c17-7-10-14-15(11(20)6-12(21)19-14)24-16(10)23-8-13(22)18-9-4-2-1-3-5-9/h1-6H,8H2,(H,18,22)(H2,19,20,21). The number of pyridine rings is 1. The minimum absolute atomic E-state index is 0.112. The molecule has 0 unspecified atom stereocenters. The van der Waals surface area contributed by atoms with Gasteiger partial charge in [0, 0.05) is 11.8 Å². The zero-order valence-corrected chi connectivity index (χ0v) is 13.8. The molecule has 1 aromatic carbocycles. The van der Waals surface area contributed by atoms with Gasteiger partial charge in [0.25, 0.3) is 5.56 Å². The molecule has 0 spiro atoms. The van der Waals surface area contributed by atoms with E-state index in [2.05, 4.69) is 10.3 Å². The van der Waals surface area contributed by atoms with Crippen molar-refractivity contribution in [1.82, 2.24) is 4.98 Å². The topological polar surface area (TPSA) is 106 Å². The summed E-state index contributed by atoms with van der Waals surface area (Å²) in [6, 6.07) is 12.2. The molecule has 0 saturated carbocycles. The molecule has 8 heteroatoms. The molecule has 0 fully saturated rings. The second-order valence-electron chi connectivity index (χ2n) is 4.80. The van der Waals surface area contributed by atoms with Crippen LogP contribution >= 0.6 is 23.1 Å². The van der Waals surface area contributed by atoms with Crippen LogP contribution in [-0.2, 0) is 4.79 Å². The number of thiophene rings is 1. The lowest BCUT2D eigenvalue weighted by atomic mass is 10.3. The summed E-state index contributed by atoms with van der Waals surface area (Å²) in [5, 5.41) is 21.9. The van der Waals surface area contributed by atoms with E-state index >= 15 is 0 Å². The lowest BCUT2D eigenvalue weighted by molar-refractivity contribution is -0.113. The summed E-state index contributed by atoms with van der Waals surface area (Å²) in [6.45, 7) is 0. The van der Waals surface area contributed by atoms with Crippen molar-refractivity contribution in [3.05, 3.63) is 52.3 Å². The molecule has 0 radical (unpaired) electrons. The number of anilines is 1. The van der Waals surface area contributed by atoms with E-state index in [1.54, 1.807) is 12.1 Å². The number of fused-ring (bicyclic) bond motifs is 1. The van der Waals surface area contributed by atoms with Gasteiger partial charge < -0.3 is 15.4 Å². The van der Waals surface area contributed by atoms with Crippen molar-refractivity contribution in [2.75, 3.05) is 11.1 Å². The number of rotatable bonds is 4. The summed E-state index contributed by atoms with van der Waals surface area (Å²) in [6.07, 6.45) is 0. The Hall–Kier alpha value is -2.76. The number of hydrogen-bond donors (Lipinski definition) is 3. The predicted octanol–water partition coefficient (Wildman–Crippen LogP) is 2.90. The van der Waals surface area contributed by atoms with Crippen LogP contribution in [0.25, 0.3) is 10.2 Å². The van der Waals surface area contributed by atoms with Crippen LogP contribution in [0.1, 0.15) is 5.56 Å². The third-order valence-corrected chi connectivity index (χ3v) is 5.61. The predicted molar refractivity (Wildman–Crippen MR) is 94.6 cm³/mol. The summed E-state index contributed by atoms with van der Waals surface area (Å²) >= 11 is 2.36. The van der Waals surface area contributed by atoms with E-state index < -0.39 is 5.56 Å². The largest absolute Gasteiger partial charge is 0.506 e. The number of benzene rings is 1. The summed E-state index contributed by atoms with van der Waals surface area (Å²) < 4.78 is 1.00. The van der Waals surface area contributed by atoms with E-state index in [-0.39, 0.29) is 23.0 Å². The fraction of sp³-hybridized carbons (Fsp3) is 0.0625. The molecule has 6 nitrogen and oxygen atoms in total. The maximum absolute atomic E-state index is 12.0. The highest BCUT2D eigenvalue weighted by atomic mass is 32.2. The van der Waals surface area contributed by atoms with Crippen LogP contribution in [0.3, 0.4) is 0 Å². The molecule has 120 valence electrons. The van der Waals surface area contributed by atoms with Gasteiger partial charge in [0.15, 0.2) is 0 Å². The van der Waals surface area contributed by atoms with Crippen LogP contribution in [0.5, 0.6) is 5.75 Å². The second kappa shape index (κ2) is 6.78. The molecule has 0 bridgehead atoms. The highest BCUT2D eigenvalue weighted by Crippen LogP contribution is 2.39. The minimum Gasteiger partial charge on any atom is -0.506 e. The van der Waals surface area contributed by atoms with Gasteiger partial charge in [0.05, 0.1) is 20.2 Å². The fourth-order valence-electron chi connectivity index (χ4n) is 2.11. The third-order valence-electron chi connectivity index (χ3n) is 3.13. The number of aromatic amines is 1. The van der Waals surface area contributed by atoms with Crippen LogP contribution < -0.4 is 10.9 Å². The fourth-order valence-corrected chi connectivity index (χ4v) is 4.25. The van der Waals surface area contributed by atoms with E-state index in [4.69, 9.17) is 0 Å². The maximum atomic E-state index is 12.0. The van der Waals surface area contributed by atoms with Gasteiger partial charge in [-0.1, -0.05) is 18.2 Å². The molecule has 2 aromatic heterocycles. The Labute approximate surface area is 144 Å². The lowest BCUT2D eigenvalue weighted by Crippen LogP contribution is -2.13. The minimum atomic E-state index is -0.479. The van der Waals surface area contributed by atoms with Gasteiger partial charge in [-0.15, -0.1) is 23.1 Å². The number of nitrogens with one attached hydrogen (secondary N) is 2. The molecule has 0 aliphatic heterocycles. The van der Waals surface area contributed by atoms with E-state index in [0.717, 1.165) is 6.07 Å². The zero-order valence-electron chi connectivity index (χ0n) is 12.2. The van der Waals surface area contributed by atoms with Crippen molar-refractivity contribution in [3.63, 3.8) is 0 Å². The SMILES string of the molecule is N#Cc1c(SCC(=O)Nc2ccccc2)sc2c(O)cc(=O)[nH]c12. The molecule has 3 aromatic rings. The van der Waals surface area contributed by atoms with Crippen molar-refractivity contribution in [2.45, 2.75) is 4.21 Å². The molecule has 0 aliphatic carbocycles. The summed E-state index contributed by atoms with van der Waals surface area (Å²) in [4.78, 5) is 26.0. The average Bonchev–Trinajstić information content (AvgIpc) is 2.91. The molecule has 0 atom stereocenters. The number of nitrogens with zero attached hydrogens (tertiary/aromatic N) is 1. The maximum Gasteiger partial charge on any atom is 0.252 e. The number of aromatic hydroxyl groups is 1. The normalized spacial score (nSPS) is 10.5. The molecule has 3 N–H and O–H groups in total. The molecule has 24 heavy (non-hydrogen) atoms. The first-order valence-corrected chi connectivity index (χ1v) is 8.65. The average molecular weight is 357 g/mol. The first-order chi connectivity index (χ1) is 11.6. The molecule has 3 rings (SSSR count). The number of thioether (sulfide) groups is 1. The summed E-state index contributed by atoms with van der Waals surface area (Å²) in [5.41, 5.74) is 0.786. The number of aromatic nitrogens is 1. The van der Waals surface area contributed by atoms with Gasteiger partial charge in [-0.25, -0.2) is 0 Å². The van der Waals surface area contributed by atoms with Gasteiger partial charge in [0.1, 0.15) is 17.4 Å². The molecule has 0 saturated heterocycles. The van der Waals surface area contributed by atoms with Gasteiger partial charge in [-0.2, -0.15) is 5.26 Å². The van der Waals surface area contributed by atoms with E-state index in [0.29, 0.717) is 20.1 Å². The Balaban J connectivity index is 1.80. The Morgan fingerprint density at radius 1 is 1.38 bits per heavy atom. The number of nitriles is 1. The van der Waals surface area contributed by atoms with Crippen LogP contribution in [0.15, 0.2) is 45.4 Å². The number of para-hydroxylation sites is 1. The molecule has 1 amide bonds. The van der Waals surface area contributed by atoms with E-state index in [1.807, 2.05) is 24.3 Å². The second-order valence-corrected chi connectivity index (χ2v) is 7.07. The lowest BCUT2D eigenvalue weighted by Gasteiger charge is -2.03. The molecular formula is C16H11N3O3S2. The van der Waals surface area contributed by atoms with Crippen molar-refractivity contribution in [1.29, 1.82) is 5.26 Å². The van der Waals surface area contributed by atoms with Crippen molar-refractivity contribution < 1.29 is 9.90 Å². The number of hydrogen-bond acceptors (Lipinski definition) is 6. The molecule has 0 aliphatic rings. The van der Waals surface area contributed by atoms with Crippen molar-refractivity contribution >= 4 is 44.9 Å². The summed E-state index contributed by atoms with van der Waals surface area (Å²) in [7, 11) is 0.